The van der Waals surface area contributed by atoms with Gasteiger partial charge < -0.3 is 14.2 Å². The number of esters is 3. The third-order valence-corrected chi connectivity index (χ3v) is 13.7. The Morgan fingerprint density at radius 3 is 0.853 bits per heavy atom. The summed E-state index contributed by atoms with van der Waals surface area (Å²) in [6.07, 6.45) is 67.6. The Hall–Kier alpha value is -2.11. The van der Waals surface area contributed by atoms with Crippen molar-refractivity contribution in [1.29, 1.82) is 0 Å². The Kier molecular flexibility index (Phi) is 55.7. The van der Waals surface area contributed by atoms with Gasteiger partial charge in [0, 0.05) is 19.3 Å². The van der Waals surface area contributed by atoms with Crippen LogP contribution in [0.2, 0.25) is 0 Å². The summed E-state index contributed by atoms with van der Waals surface area (Å²) in [7, 11) is 0. The number of hydrogen-bond acceptors (Lipinski definition) is 6. The number of carbonyl (C=O) groups excluding carboxylic acids is 3. The molecule has 6 heteroatoms. The van der Waals surface area contributed by atoms with Crippen molar-refractivity contribution in [2.75, 3.05) is 13.2 Å². The summed E-state index contributed by atoms with van der Waals surface area (Å²) in [6, 6.07) is 0. The number of ether oxygens (including phenoxy) is 3. The highest BCUT2D eigenvalue weighted by atomic mass is 16.6. The molecule has 1 atom stereocenters. The fourth-order valence-corrected chi connectivity index (χ4v) is 9.11. The minimum Gasteiger partial charge on any atom is -0.462 e. The van der Waals surface area contributed by atoms with Crippen molar-refractivity contribution in [2.24, 2.45) is 0 Å². The number of rotatable bonds is 56. The molecule has 0 aromatic rings. The average molecular weight is 958 g/mol. The lowest BCUT2D eigenvalue weighted by atomic mass is 10.0. The second-order valence-corrected chi connectivity index (χ2v) is 20.6. The first-order valence-corrected chi connectivity index (χ1v) is 30.3. The summed E-state index contributed by atoms with van der Waals surface area (Å²) in [4.78, 5) is 38.1. The highest BCUT2D eigenvalue weighted by Crippen LogP contribution is 2.18. The molecule has 0 fully saturated rings. The van der Waals surface area contributed by atoms with Crippen LogP contribution >= 0.6 is 0 Å². The molecule has 0 aliphatic heterocycles. The van der Waals surface area contributed by atoms with Crippen LogP contribution in [0.3, 0.4) is 0 Å². The second kappa shape index (κ2) is 57.5. The highest BCUT2D eigenvalue weighted by Gasteiger charge is 2.19. The maximum absolute atomic E-state index is 12.8. The molecule has 0 radical (unpaired) electrons. The summed E-state index contributed by atoms with van der Waals surface area (Å²) in [5.41, 5.74) is 0. The van der Waals surface area contributed by atoms with Crippen LogP contribution < -0.4 is 0 Å². The first-order valence-electron chi connectivity index (χ1n) is 30.3. The summed E-state index contributed by atoms with van der Waals surface area (Å²) in [6.45, 7) is 6.63. The molecule has 0 aliphatic rings. The van der Waals surface area contributed by atoms with Gasteiger partial charge in [-0.2, -0.15) is 0 Å². The zero-order chi connectivity index (χ0) is 49.3. The van der Waals surface area contributed by atoms with Gasteiger partial charge in [-0.05, 0) is 44.9 Å². The molecular weight excluding hydrogens is 841 g/mol. The van der Waals surface area contributed by atoms with Crippen LogP contribution in [-0.4, -0.2) is 37.2 Å². The van der Waals surface area contributed by atoms with E-state index in [0.29, 0.717) is 19.3 Å². The molecule has 0 aromatic heterocycles. The van der Waals surface area contributed by atoms with Crippen molar-refractivity contribution in [1.82, 2.24) is 0 Å². The van der Waals surface area contributed by atoms with Crippen molar-refractivity contribution < 1.29 is 28.6 Å². The Labute approximate surface area is 423 Å². The van der Waals surface area contributed by atoms with E-state index < -0.39 is 6.10 Å². The van der Waals surface area contributed by atoms with Gasteiger partial charge in [0.25, 0.3) is 0 Å². The first kappa shape index (κ1) is 65.9. The third kappa shape index (κ3) is 54.8. The number of allylic oxidation sites excluding steroid dienone is 4. The number of carbonyl (C=O) groups is 3. The molecule has 0 heterocycles. The zero-order valence-corrected chi connectivity index (χ0v) is 45.9. The van der Waals surface area contributed by atoms with E-state index in [1.54, 1.807) is 0 Å². The molecule has 0 rings (SSSR count). The van der Waals surface area contributed by atoms with Gasteiger partial charge >= 0.3 is 17.9 Å². The molecule has 0 amide bonds. The van der Waals surface area contributed by atoms with E-state index in [1.165, 1.54) is 212 Å². The van der Waals surface area contributed by atoms with Gasteiger partial charge in [-0.25, -0.2) is 0 Å². The van der Waals surface area contributed by atoms with Crippen molar-refractivity contribution in [3.63, 3.8) is 0 Å². The molecule has 0 aromatic carbocycles. The molecule has 0 N–H and O–H groups in total. The third-order valence-electron chi connectivity index (χ3n) is 13.7. The van der Waals surface area contributed by atoms with Crippen LogP contribution in [0.15, 0.2) is 24.3 Å². The summed E-state index contributed by atoms with van der Waals surface area (Å²) in [5.74, 6) is -0.865. The van der Waals surface area contributed by atoms with E-state index >= 15 is 0 Å². The smallest absolute Gasteiger partial charge is 0.306 e. The van der Waals surface area contributed by atoms with Gasteiger partial charge in [0.15, 0.2) is 6.10 Å². The predicted octanol–water partition coefficient (Wildman–Crippen LogP) is 20.3. The van der Waals surface area contributed by atoms with Gasteiger partial charge in [0.05, 0.1) is 0 Å². The second-order valence-electron chi connectivity index (χ2n) is 20.6. The minimum absolute atomic E-state index is 0.0716. The van der Waals surface area contributed by atoms with E-state index in [-0.39, 0.29) is 31.1 Å². The first-order chi connectivity index (χ1) is 33.5. The summed E-state index contributed by atoms with van der Waals surface area (Å²) >= 11 is 0. The van der Waals surface area contributed by atoms with Gasteiger partial charge in [0.2, 0.25) is 0 Å². The highest BCUT2D eigenvalue weighted by molar-refractivity contribution is 5.71. The summed E-state index contributed by atoms with van der Waals surface area (Å²) < 4.78 is 16.9. The molecule has 0 bridgehead atoms. The largest absolute Gasteiger partial charge is 0.462 e. The Morgan fingerprint density at radius 1 is 0.294 bits per heavy atom. The topological polar surface area (TPSA) is 78.9 Å². The standard InChI is InChI=1S/C62H116O6/c1-4-7-10-13-16-19-22-24-26-27-28-29-30-31-32-33-34-35-36-38-40-43-46-49-52-55-61(64)67-58-59(57-66-60(63)54-51-48-45-42-39-21-18-15-12-9-6-3)68-62(65)56-53-50-47-44-41-37-25-23-20-17-14-11-8-5-2/h14,17,23,25,59H,4-13,15-16,18-22,24,26-58H2,1-3H3/b17-14-,25-23-. The predicted molar refractivity (Wildman–Crippen MR) is 293 cm³/mol. The maximum atomic E-state index is 12.8. The number of hydrogen-bond donors (Lipinski definition) is 0. The fourth-order valence-electron chi connectivity index (χ4n) is 9.11. The lowest BCUT2D eigenvalue weighted by Gasteiger charge is -2.18. The Bertz CT molecular complexity index is 1100. The van der Waals surface area contributed by atoms with Crippen LogP contribution in [0.25, 0.3) is 0 Å². The Balaban J connectivity index is 4.17. The van der Waals surface area contributed by atoms with Gasteiger partial charge in [-0.1, -0.05) is 295 Å². The molecule has 400 valence electrons. The number of unbranched alkanes of at least 4 members (excludes halogenated alkanes) is 41. The van der Waals surface area contributed by atoms with Crippen LogP contribution in [0.4, 0.5) is 0 Å². The van der Waals surface area contributed by atoms with E-state index in [1.807, 2.05) is 0 Å². The molecular formula is C62H116O6. The maximum Gasteiger partial charge on any atom is 0.306 e. The van der Waals surface area contributed by atoms with Gasteiger partial charge in [-0.3, -0.25) is 14.4 Å². The van der Waals surface area contributed by atoms with Gasteiger partial charge in [0.1, 0.15) is 13.2 Å². The van der Waals surface area contributed by atoms with Crippen molar-refractivity contribution in [3.05, 3.63) is 24.3 Å². The molecule has 0 saturated heterocycles. The van der Waals surface area contributed by atoms with Crippen LogP contribution in [0.5, 0.6) is 0 Å². The minimum atomic E-state index is -0.773. The van der Waals surface area contributed by atoms with E-state index in [0.717, 1.165) is 83.5 Å². The fraction of sp³-hybridized carbons (Fsp3) is 0.887. The monoisotopic (exact) mass is 957 g/mol. The lowest BCUT2D eigenvalue weighted by molar-refractivity contribution is -0.167. The van der Waals surface area contributed by atoms with Crippen LogP contribution in [0, 0.1) is 0 Å². The average Bonchev–Trinajstić information content (AvgIpc) is 3.34. The van der Waals surface area contributed by atoms with Crippen LogP contribution in [-0.2, 0) is 28.6 Å². The molecule has 1 unspecified atom stereocenters. The molecule has 0 aliphatic carbocycles. The normalized spacial score (nSPS) is 12.1. The molecule has 6 nitrogen and oxygen atoms in total. The Morgan fingerprint density at radius 2 is 0.544 bits per heavy atom. The SMILES string of the molecule is CCCC/C=C\C/C=C\CCCCCCCC(=O)OC(COC(=O)CCCCCCCCCCCCC)COC(=O)CCCCCCCCCCCCCCCCCCCCCCCCCCC. The van der Waals surface area contributed by atoms with E-state index in [9.17, 15) is 14.4 Å². The zero-order valence-electron chi connectivity index (χ0n) is 45.9. The van der Waals surface area contributed by atoms with E-state index in [4.69, 9.17) is 14.2 Å². The van der Waals surface area contributed by atoms with Crippen molar-refractivity contribution in [3.8, 4) is 0 Å². The quantitative estimate of drug-likeness (QED) is 0.0262. The lowest BCUT2D eigenvalue weighted by Crippen LogP contribution is -2.30. The molecule has 68 heavy (non-hydrogen) atoms. The van der Waals surface area contributed by atoms with Gasteiger partial charge in [-0.15, -0.1) is 0 Å². The van der Waals surface area contributed by atoms with Crippen LogP contribution in [0.1, 0.15) is 335 Å². The van der Waals surface area contributed by atoms with Crippen molar-refractivity contribution >= 4 is 17.9 Å². The summed E-state index contributed by atoms with van der Waals surface area (Å²) in [5, 5.41) is 0. The molecule has 0 spiro atoms. The van der Waals surface area contributed by atoms with Crippen molar-refractivity contribution in [2.45, 2.75) is 341 Å². The molecule has 0 saturated carbocycles. The van der Waals surface area contributed by atoms with E-state index in [2.05, 4.69) is 45.1 Å².